The summed E-state index contributed by atoms with van der Waals surface area (Å²) in [4.78, 5) is 11.9. The lowest BCUT2D eigenvalue weighted by Crippen LogP contribution is -2.12. The fraction of sp³-hybridized carbons (Fsp3) is 0.333. The molecule has 21 heavy (non-hydrogen) atoms. The molecule has 0 spiro atoms. The molecule has 0 unspecified atom stereocenters. The predicted octanol–water partition coefficient (Wildman–Crippen LogP) is 3.28. The van der Waals surface area contributed by atoms with Crippen molar-refractivity contribution in [3.63, 3.8) is 0 Å². The van der Waals surface area contributed by atoms with Crippen LogP contribution in [0.4, 0.5) is 5.69 Å². The molecule has 6 heteroatoms. The number of nitrogens with zero attached hydrogens (tertiary/aromatic N) is 2. The van der Waals surface area contributed by atoms with E-state index in [-0.39, 0.29) is 5.97 Å². The maximum atomic E-state index is 11.9. The number of anilines is 1. The largest absolute Gasteiger partial charge is 0.462 e. The molecule has 0 bridgehead atoms. The number of aromatic nitrogens is 2. The van der Waals surface area contributed by atoms with Crippen LogP contribution in [-0.2, 0) is 18.3 Å². The van der Waals surface area contributed by atoms with Crippen LogP contribution < -0.4 is 5.32 Å². The highest BCUT2D eigenvalue weighted by molar-refractivity contribution is 9.10. The van der Waals surface area contributed by atoms with Crippen LogP contribution in [0.5, 0.6) is 0 Å². The van der Waals surface area contributed by atoms with Gasteiger partial charge < -0.3 is 10.1 Å². The van der Waals surface area contributed by atoms with Gasteiger partial charge in [-0.3, -0.25) is 4.68 Å². The van der Waals surface area contributed by atoms with E-state index >= 15 is 0 Å². The Bertz CT molecular complexity index is 632. The molecule has 112 valence electrons. The fourth-order valence-electron chi connectivity index (χ4n) is 2.08. The lowest BCUT2D eigenvalue weighted by molar-refractivity contribution is 0.0525. The number of esters is 1. The van der Waals surface area contributed by atoms with Gasteiger partial charge in [0.25, 0.3) is 0 Å². The summed E-state index contributed by atoms with van der Waals surface area (Å²) in [6, 6.07) is 6.08. The topological polar surface area (TPSA) is 56.1 Å². The van der Waals surface area contributed by atoms with Crippen LogP contribution in [-0.4, -0.2) is 22.4 Å². The first-order valence-corrected chi connectivity index (χ1v) is 7.49. The summed E-state index contributed by atoms with van der Waals surface area (Å²) in [6.45, 7) is 4.67. The maximum Gasteiger partial charge on any atom is 0.341 e. The summed E-state index contributed by atoms with van der Waals surface area (Å²) in [6.07, 6.45) is 1.54. The molecular formula is C15H18BrN3O2. The minimum atomic E-state index is -0.340. The third-order valence-electron chi connectivity index (χ3n) is 3.06. The van der Waals surface area contributed by atoms with E-state index < -0.39 is 0 Å². The summed E-state index contributed by atoms with van der Waals surface area (Å²) in [5.41, 5.74) is 3.44. The van der Waals surface area contributed by atoms with Gasteiger partial charge in [0.2, 0.25) is 0 Å². The fourth-order valence-corrected chi connectivity index (χ4v) is 2.68. The number of hydrogen-bond acceptors (Lipinski definition) is 4. The second kappa shape index (κ2) is 6.76. The lowest BCUT2D eigenvalue weighted by Gasteiger charge is -2.10. The number of carbonyl (C=O) groups excluding carboxylic acids is 1. The number of rotatable bonds is 5. The molecule has 1 N–H and O–H groups in total. The number of aryl methyl sites for hydroxylation is 2. The molecule has 1 aromatic carbocycles. The van der Waals surface area contributed by atoms with E-state index in [1.54, 1.807) is 17.8 Å². The number of ether oxygens (including phenoxy) is 1. The monoisotopic (exact) mass is 351 g/mol. The van der Waals surface area contributed by atoms with Crippen LogP contribution in [0.25, 0.3) is 0 Å². The zero-order valence-corrected chi connectivity index (χ0v) is 13.9. The highest BCUT2D eigenvalue weighted by atomic mass is 79.9. The minimum Gasteiger partial charge on any atom is -0.462 e. The van der Waals surface area contributed by atoms with Gasteiger partial charge in [0.05, 0.1) is 25.0 Å². The standard InChI is InChI=1S/C15H18BrN3O2/c1-4-21-15(20)13-8-18-19(3)14(13)9-17-12-6-10(2)5-11(16)7-12/h5-8,17H,4,9H2,1-3H3. The Balaban J connectivity index is 2.16. The molecule has 2 rings (SSSR count). The Kier molecular flexibility index (Phi) is 5.01. The van der Waals surface area contributed by atoms with E-state index in [1.807, 2.05) is 32.2 Å². The first-order valence-electron chi connectivity index (χ1n) is 6.70. The van der Waals surface area contributed by atoms with Crippen molar-refractivity contribution in [2.75, 3.05) is 11.9 Å². The third kappa shape index (κ3) is 3.85. The van der Waals surface area contributed by atoms with Crippen molar-refractivity contribution < 1.29 is 9.53 Å². The van der Waals surface area contributed by atoms with E-state index in [1.165, 1.54) is 0 Å². The Hall–Kier alpha value is -1.82. The summed E-state index contributed by atoms with van der Waals surface area (Å²) in [5, 5.41) is 7.44. The number of carbonyl (C=O) groups is 1. The molecule has 5 nitrogen and oxygen atoms in total. The van der Waals surface area contributed by atoms with Gasteiger partial charge in [-0.15, -0.1) is 0 Å². The Labute approximate surface area is 132 Å². The van der Waals surface area contributed by atoms with E-state index in [2.05, 4.69) is 26.3 Å². The zero-order valence-electron chi connectivity index (χ0n) is 12.3. The second-order valence-electron chi connectivity index (χ2n) is 4.72. The summed E-state index contributed by atoms with van der Waals surface area (Å²) in [7, 11) is 1.81. The molecule has 0 aliphatic heterocycles. The zero-order chi connectivity index (χ0) is 15.4. The molecule has 0 fully saturated rings. The van der Waals surface area contributed by atoms with Crippen molar-refractivity contribution in [2.45, 2.75) is 20.4 Å². The van der Waals surface area contributed by atoms with Gasteiger partial charge in [-0.25, -0.2) is 4.79 Å². The molecule has 2 aromatic rings. The van der Waals surface area contributed by atoms with E-state index in [9.17, 15) is 4.79 Å². The smallest absolute Gasteiger partial charge is 0.341 e. The molecule has 0 aliphatic carbocycles. The van der Waals surface area contributed by atoms with E-state index in [0.717, 1.165) is 21.4 Å². The molecule has 0 saturated carbocycles. The van der Waals surface area contributed by atoms with E-state index in [0.29, 0.717) is 18.7 Å². The number of halogens is 1. The highest BCUT2D eigenvalue weighted by Gasteiger charge is 2.16. The molecule has 0 radical (unpaired) electrons. The van der Waals surface area contributed by atoms with Crippen molar-refractivity contribution in [1.29, 1.82) is 0 Å². The Morgan fingerprint density at radius 1 is 1.43 bits per heavy atom. The van der Waals surface area contributed by atoms with E-state index in [4.69, 9.17) is 4.74 Å². The predicted molar refractivity (Wildman–Crippen MR) is 85.4 cm³/mol. The molecule has 1 heterocycles. The van der Waals surface area contributed by atoms with Gasteiger partial charge in [0.15, 0.2) is 0 Å². The van der Waals surface area contributed by atoms with Crippen LogP contribution >= 0.6 is 15.9 Å². The Morgan fingerprint density at radius 2 is 2.19 bits per heavy atom. The normalized spacial score (nSPS) is 10.5. The molecule has 0 aliphatic rings. The van der Waals surface area contributed by atoms with Gasteiger partial charge in [-0.1, -0.05) is 15.9 Å². The average molecular weight is 352 g/mol. The number of nitrogens with one attached hydrogen (secondary N) is 1. The van der Waals surface area contributed by atoms with Crippen molar-refractivity contribution in [2.24, 2.45) is 7.05 Å². The molecular weight excluding hydrogens is 334 g/mol. The van der Waals surface area contributed by atoms with Crippen LogP contribution in [0, 0.1) is 6.92 Å². The van der Waals surface area contributed by atoms with Gasteiger partial charge in [0, 0.05) is 17.2 Å². The van der Waals surface area contributed by atoms with Gasteiger partial charge >= 0.3 is 5.97 Å². The quantitative estimate of drug-likeness (QED) is 0.839. The first kappa shape index (κ1) is 15.6. The van der Waals surface area contributed by atoms with Crippen molar-refractivity contribution in [3.05, 3.63) is 45.7 Å². The van der Waals surface area contributed by atoms with Crippen LogP contribution in [0.1, 0.15) is 28.5 Å². The van der Waals surface area contributed by atoms with Gasteiger partial charge in [0.1, 0.15) is 5.56 Å². The molecule has 0 atom stereocenters. The maximum absolute atomic E-state index is 11.9. The summed E-state index contributed by atoms with van der Waals surface area (Å²) in [5.74, 6) is -0.340. The SMILES string of the molecule is CCOC(=O)c1cnn(C)c1CNc1cc(C)cc(Br)c1. The highest BCUT2D eigenvalue weighted by Crippen LogP contribution is 2.20. The van der Waals surface area contributed by atoms with Crippen molar-refractivity contribution in [1.82, 2.24) is 9.78 Å². The summed E-state index contributed by atoms with van der Waals surface area (Å²) >= 11 is 3.47. The van der Waals surface area contributed by atoms with Crippen LogP contribution in [0.15, 0.2) is 28.9 Å². The molecule has 0 saturated heterocycles. The number of hydrogen-bond donors (Lipinski definition) is 1. The average Bonchev–Trinajstić information content (AvgIpc) is 2.77. The van der Waals surface area contributed by atoms with Crippen molar-refractivity contribution >= 4 is 27.6 Å². The molecule has 0 amide bonds. The minimum absolute atomic E-state index is 0.340. The van der Waals surface area contributed by atoms with Crippen LogP contribution in [0.2, 0.25) is 0 Å². The van der Waals surface area contributed by atoms with Gasteiger partial charge in [-0.05, 0) is 37.6 Å². The lowest BCUT2D eigenvalue weighted by atomic mass is 10.2. The third-order valence-corrected chi connectivity index (χ3v) is 3.52. The van der Waals surface area contributed by atoms with Crippen LogP contribution in [0.3, 0.4) is 0 Å². The first-order chi connectivity index (χ1) is 10.0. The van der Waals surface area contributed by atoms with Gasteiger partial charge in [-0.2, -0.15) is 5.10 Å². The summed E-state index contributed by atoms with van der Waals surface area (Å²) < 4.78 is 7.74. The number of benzene rings is 1. The second-order valence-corrected chi connectivity index (χ2v) is 5.64. The van der Waals surface area contributed by atoms with Crippen molar-refractivity contribution in [3.8, 4) is 0 Å². The Morgan fingerprint density at radius 3 is 2.86 bits per heavy atom. The molecule has 1 aromatic heterocycles.